The first-order chi connectivity index (χ1) is 9.08. The van der Waals surface area contributed by atoms with Crippen molar-refractivity contribution in [2.24, 2.45) is 0 Å². The normalized spacial score (nSPS) is 10.3. The fourth-order valence-corrected chi connectivity index (χ4v) is 2.07. The summed E-state index contributed by atoms with van der Waals surface area (Å²) in [5, 5.41) is 0. The Morgan fingerprint density at radius 2 is 1.84 bits per heavy atom. The Morgan fingerprint density at radius 1 is 1.16 bits per heavy atom. The molecule has 0 saturated carbocycles. The Morgan fingerprint density at radius 3 is 2.47 bits per heavy atom. The van der Waals surface area contributed by atoms with Crippen molar-refractivity contribution >= 4 is 11.5 Å². The Balaban J connectivity index is 2.28. The highest BCUT2D eigenvalue weighted by atomic mass is 19.1. The zero-order chi connectivity index (χ0) is 13.8. The summed E-state index contributed by atoms with van der Waals surface area (Å²) >= 11 is 0. The molecule has 0 radical (unpaired) electrons. The smallest absolute Gasteiger partial charge is 0.161 e. The maximum absolute atomic E-state index is 13.2. The van der Waals surface area contributed by atoms with Gasteiger partial charge in [0.05, 0.1) is 0 Å². The van der Waals surface area contributed by atoms with Crippen molar-refractivity contribution < 1.29 is 9.18 Å². The molecule has 3 heteroatoms. The molecule has 0 bridgehead atoms. The Hall–Kier alpha value is -2.16. The van der Waals surface area contributed by atoms with E-state index >= 15 is 0 Å². The van der Waals surface area contributed by atoms with Gasteiger partial charge < -0.3 is 4.90 Å². The molecule has 0 amide bonds. The summed E-state index contributed by atoms with van der Waals surface area (Å²) in [4.78, 5) is 13.5. The third-order valence-corrected chi connectivity index (χ3v) is 3.01. The molecule has 0 saturated heterocycles. The van der Waals surface area contributed by atoms with Crippen molar-refractivity contribution in [1.82, 2.24) is 0 Å². The van der Waals surface area contributed by atoms with E-state index in [1.807, 2.05) is 42.3 Å². The van der Waals surface area contributed by atoms with E-state index in [1.54, 1.807) is 6.07 Å². The summed E-state index contributed by atoms with van der Waals surface area (Å²) in [5.41, 5.74) is 2.31. The topological polar surface area (TPSA) is 20.3 Å². The van der Waals surface area contributed by atoms with Gasteiger partial charge in [-0.25, -0.2) is 4.39 Å². The van der Waals surface area contributed by atoms with Gasteiger partial charge in [-0.1, -0.05) is 30.3 Å². The maximum Gasteiger partial charge on any atom is 0.161 e. The van der Waals surface area contributed by atoms with E-state index in [4.69, 9.17) is 0 Å². The summed E-state index contributed by atoms with van der Waals surface area (Å²) < 4.78 is 13.2. The van der Waals surface area contributed by atoms with E-state index in [1.165, 1.54) is 19.1 Å². The van der Waals surface area contributed by atoms with E-state index in [2.05, 4.69) is 0 Å². The summed E-state index contributed by atoms with van der Waals surface area (Å²) in [6.07, 6.45) is 0. The number of rotatable bonds is 4. The van der Waals surface area contributed by atoms with Crippen molar-refractivity contribution in [3.63, 3.8) is 0 Å². The minimum Gasteiger partial charge on any atom is -0.370 e. The lowest BCUT2D eigenvalue weighted by Gasteiger charge is -2.21. The molecular weight excluding hydrogens is 241 g/mol. The fraction of sp³-hybridized carbons (Fsp3) is 0.188. The molecule has 0 aliphatic carbocycles. The van der Waals surface area contributed by atoms with Gasteiger partial charge >= 0.3 is 0 Å². The fourth-order valence-electron chi connectivity index (χ4n) is 2.07. The van der Waals surface area contributed by atoms with Gasteiger partial charge in [-0.3, -0.25) is 4.79 Å². The minimum absolute atomic E-state index is 0.130. The van der Waals surface area contributed by atoms with Crippen LogP contribution < -0.4 is 4.90 Å². The van der Waals surface area contributed by atoms with E-state index in [0.717, 1.165) is 11.3 Å². The van der Waals surface area contributed by atoms with Gasteiger partial charge in [-0.05, 0) is 30.7 Å². The molecular formula is C16H16FNO. The van der Waals surface area contributed by atoms with Gasteiger partial charge in [0.25, 0.3) is 0 Å². The zero-order valence-electron chi connectivity index (χ0n) is 11.1. The van der Waals surface area contributed by atoms with Gasteiger partial charge in [0.2, 0.25) is 0 Å². The number of nitrogens with zero attached hydrogens (tertiary/aromatic N) is 1. The average molecular weight is 257 g/mol. The average Bonchev–Trinajstić information content (AvgIpc) is 2.39. The second-order valence-corrected chi connectivity index (χ2v) is 4.56. The van der Waals surface area contributed by atoms with Crippen LogP contribution in [0.1, 0.15) is 22.8 Å². The second-order valence-electron chi connectivity index (χ2n) is 4.56. The Bertz CT molecular complexity index is 581. The zero-order valence-corrected chi connectivity index (χ0v) is 11.1. The molecule has 0 N–H and O–H groups in total. The molecule has 2 nitrogen and oxygen atoms in total. The van der Waals surface area contributed by atoms with Crippen LogP contribution in [0.5, 0.6) is 0 Å². The number of ketones is 1. The first-order valence-electron chi connectivity index (χ1n) is 6.13. The van der Waals surface area contributed by atoms with Crippen molar-refractivity contribution in [2.75, 3.05) is 11.9 Å². The molecule has 0 aliphatic rings. The number of anilines is 1. The lowest BCUT2D eigenvalue weighted by Crippen LogP contribution is -2.19. The van der Waals surface area contributed by atoms with Crippen molar-refractivity contribution in [3.8, 4) is 0 Å². The van der Waals surface area contributed by atoms with Crippen molar-refractivity contribution in [1.29, 1.82) is 0 Å². The maximum atomic E-state index is 13.2. The molecule has 0 heterocycles. The standard InChI is InChI=1S/C16H16FNO/c1-12(19)15-10-14(17)8-9-16(15)18(2)11-13-6-4-3-5-7-13/h3-10H,11H2,1-2H3. The van der Waals surface area contributed by atoms with Gasteiger partial charge in [0.1, 0.15) is 5.82 Å². The molecule has 0 fully saturated rings. The van der Waals surface area contributed by atoms with Crippen LogP contribution in [0.3, 0.4) is 0 Å². The molecule has 0 unspecified atom stereocenters. The van der Waals surface area contributed by atoms with E-state index < -0.39 is 0 Å². The molecule has 2 aromatic carbocycles. The van der Waals surface area contributed by atoms with Crippen LogP contribution in [0, 0.1) is 5.82 Å². The number of Topliss-reactive ketones (excluding diaryl/α,β-unsaturated/α-hetero) is 1. The molecule has 2 aromatic rings. The van der Waals surface area contributed by atoms with Crippen LogP contribution in [0.15, 0.2) is 48.5 Å². The minimum atomic E-state index is -0.387. The summed E-state index contributed by atoms with van der Waals surface area (Å²) in [6, 6.07) is 14.3. The van der Waals surface area contributed by atoms with Crippen LogP contribution in [0.25, 0.3) is 0 Å². The van der Waals surface area contributed by atoms with E-state index in [0.29, 0.717) is 12.1 Å². The van der Waals surface area contributed by atoms with Crippen LogP contribution in [-0.4, -0.2) is 12.8 Å². The van der Waals surface area contributed by atoms with Gasteiger partial charge in [0.15, 0.2) is 5.78 Å². The molecule has 0 atom stereocenters. The molecule has 98 valence electrons. The van der Waals surface area contributed by atoms with Crippen molar-refractivity contribution in [3.05, 3.63) is 65.5 Å². The molecule has 0 aromatic heterocycles. The third kappa shape index (κ3) is 3.19. The van der Waals surface area contributed by atoms with Gasteiger partial charge in [-0.15, -0.1) is 0 Å². The highest BCUT2D eigenvalue weighted by molar-refractivity contribution is 5.99. The van der Waals surface area contributed by atoms with Gasteiger partial charge in [-0.2, -0.15) is 0 Å². The largest absolute Gasteiger partial charge is 0.370 e. The Labute approximate surface area is 112 Å². The first kappa shape index (κ1) is 13.3. The molecule has 2 rings (SSSR count). The van der Waals surface area contributed by atoms with Crippen LogP contribution in [0.2, 0.25) is 0 Å². The quantitative estimate of drug-likeness (QED) is 0.779. The molecule has 19 heavy (non-hydrogen) atoms. The monoisotopic (exact) mass is 257 g/mol. The van der Waals surface area contributed by atoms with Crippen LogP contribution >= 0.6 is 0 Å². The summed E-state index contributed by atoms with van der Waals surface area (Å²) in [5.74, 6) is -0.517. The number of carbonyl (C=O) groups excluding carboxylic acids is 1. The lowest BCUT2D eigenvalue weighted by molar-refractivity contribution is 0.101. The summed E-state index contributed by atoms with van der Waals surface area (Å²) in [6.45, 7) is 2.13. The second kappa shape index (κ2) is 5.65. The van der Waals surface area contributed by atoms with Gasteiger partial charge in [0, 0.05) is 24.8 Å². The number of benzene rings is 2. The number of halogens is 1. The lowest BCUT2D eigenvalue weighted by atomic mass is 10.1. The highest BCUT2D eigenvalue weighted by Crippen LogP contribution is 2.22. The van der Waals surface area contributed by atoms with E-state index in [9.17, 15) is 9.18 Å². The first-order valence-corrected chi connectivity index (χ1v) is 6.13. The highest BCUT2D eigenvalue weighted by Gasteiger charge is 2.12. The SMILES string of the molecule is CC(=O)c1cc(F)ccc1N(C)Cc1ccccc1. The molecule has 0 spiro atoms. The van der Waals surface area contributed by atoms with Crippen LogP contribution in [0.4, 0.5) is 10.1 Å². The number of hydrogen-bond acceptors (Lipinski definition) is 2. The Kier molecular flexibility index (Phi) is 3.95. The van der Waals surface area contributed by atoms with Crippen molar-refractivity contribution in [2.45, 2.75) is 13.5 Å². The number of carbonyl (C=O) groups is 1. The van der Waals surface area contributed by atoms with Crippen LogP contribution in [-0.2, 0) is 6.54 Å². The summed E-state index contributed by atoms with van der Waals surface area (Å²) in [7, 11) is 1.90. The van der Waals surface area contributed by atoms with E-state index in [-0.39, 0.29) is 11.6 Å². The predicted octanol–water partition coefficient (Wildman–Crippen LogP) is 3.66. The number of hydrogen-bond donors (Lipinski definition) is 0. The predicted molar refractivity (Wildman–Crippen MR) is 75.0 cm³/mol. The molecule has 0 aliphatic heterocycles. The third-order valence-electron chi connectivity index (χ3n) is 3.01.